The highest BCUT2D eigenvalue weighted by atomic mass is 16.5. The molecule has 0 spiro atoms. The van der Waals surface area contributed by atoms with Gasteiger partial charge < -0.3 is 29.2 Å². The monoisotopic (exact) mass is 479 g/mol. The van der Waals surface area contributed by atoms with Crippen LogP contribution in [0.3, 0.4) is 0 Å². The van der Waals surface area contributed by atoms with Crippen LogP contribution in [0.1, 0.15) is 11.1 Å². The molecule has 2 aromatic carbocycles. The minimum atomic E-state index is 0.320. The van der Waals surface area contributed by atoms with Gasteiger partial charge in [0, 0.05) is 25.2 Å². The van der Waals surface area contributed by atoms with E-state index in [9.17, 15) is 0 Å². The van der Waals surface area contributed by atoms with Gasteiger partial charge in [0.05, 0.1) is 40.8 Å². The predicted molar refractivity (Wildman–Crippen MR) is 134 cm³/mol. The second-order valence-electron chi connectivity index (χ2n) is 7.55. The standard InChI is InChI=1S/C24H29N7O4/c1-32-19-13-18(14-20(33-2)21(19)34-3)16-26-30-23-27-22(25-15-17-7-5-4-6-8-17)28-24(29-23)31-9-11-35-12-10-31/h4-8,13-14,16H,9-12,15H2,1-3H3,(H2,25,27,28,29,30). The quantitative estimate of drug-likeness (QED) is 0.332. The lowest BCUT2D eigenvalue weighted by Gasteiger charge is -2.27. The number of benzene rings is 2. The maximum absolute atomic E-state index is 5.46. The Bertz CT molecular complexity index is 1110. The summed E-state index contributed by atoms with van der Waals surface area (Å²) >= 11 is 0. The average molecular weight is 480 g/mol. The Morgan fingerprint density at radius 3 is 2.29 bits per heavy atom. The molecule has 1 aliphatic rings. The molecular formula is C24H29N7O4. The van der Waals surface area contributed by atoms with Crippen molar-refractivity contribution >= 4 is 24.1 Å². The highest BCUT2D eigenvalue weighted by Crippen LogP contribution is 2.37. The van der Waals surface area contributed by atoms with Crippen LogP contribution in [0.2, 0.25) is 0 Å². The predicted octanol–water partition coefficient (Wildman–Crippen LogP) is 2.79. The van der Waals surface area contributed by atoms with Crippen molar-refractivity contribution < 1.29 is 18.9 Å². The summed E-state index contributed by atoms with van der Waals surface area (Å²) in [5, 5.41) is 7.59. The summed E-state index contributed by atoms with van der Waals surface area (Å²) in [7, 11) is 4.70. The molecule has 0 unspecified atom stereocenters. The van der Waals surface area contributed by atoms with Crippen LogP contribution in [0, 0.1) is 0 Å². The molecule has 1 aromatic heterocycles. The van der Waals surface area contributed by atoms with Gasteiger partial charge in [-0.15, -0.1) is 0 Å². The molecule has 0 amide bonds. The second kappa shape index (κ2) is 11.8. The zero-order valence-electron chi connectivity index (χ0n) is 20.0. The number of morpholine rings is 1. The molecule has 35 heavy (non-hydrogen) atoms. The molecule has 11 nitrogen and oxygen atoms in total. The number of hydrogen-bond acceptors (Lipinski definition) is 11. The third kappa shape index (κ3) is 6.27. The number of methoxy groups -OCH3 is 3. The number of rotatable bonds is 10. The van der Waals surface area contributed by atoms with E-state index < -0.39 is 0 Å². The highest BCUT2D eigenvalue weighted by Gasteiger charge is 2.17. The summed E-state index contributed by atoms with van der Waals surface area (Å²) in [4.78, 5) is 15.7. The van der Waals surface area contributed by atoms with Crippen molar-refractivity contribution in [2.75, 3.05) is 63.3 Å². The largest absolute Gasteiger partial charge is 0.493 e. The average Bonchev–Trinajstić information content (AvgIpc) is 2.92. The van der Waals surface area contributed by atoms with Crippen LogP contribution >= 0.6 is 0 Å². The molecule has 0 aliphatic carbocycles. The van der Waals surface area contributed by atoms with Gasteiger partial charge in [0.15, 0.2) is 11.5 Å². The van der Waals surface area contributed by atoms with Gasteiger partial charge >= 0.3 is 0 Å². The van der Waals surface area contributed by atoms with Crippen LogP contribution < -0.4 is 29.9 Å². The molecule has 1 fully saturated rings. The maximum atomic E-state index is 5.46. The molecule has 184 valence electrons. The second-order valence-corrected chi connectivity index (χ2v) is 7.55. The Morgan fingerprint density at radius 2 is 1.63 bits per heavy atom. The fourth-order valence-corrected chi connectivity index (χ4v) is 3.52. The number of nitrogens with zero attached hydrogens (tertiary/aromatic N) is 5. The van der Waals surface area contributed by atoms with E-state index in [2.05, 4.69) is 35.7 Å². The van der Waals surface area contributed by atoms with Crippen molar-refractivity contribution in [3.05, 3.63) is 53.6 Å². The van der Waals surface area contributed by atoms with Gasteiger partial charge in [0.1, 0.15) is 0 Å². The molecule has 2 N–H and O–H groups in total. The normalized spacial score (nSPS) is 13.5. The molecule has 0 bridgehead atoms. The summed E-state index contributed by atoms with van der Waals surface area (Å²) in [6.45, 7) is 3.25. The van der Waals surface area contributed by atoms with Gasteiger partial charge in [-0.05, 0) is 17.7 Å². The van der Waals surface area contributed by atoms with Gasteiger partial charge in [-0.3, -0.25) is 0 Å². The van der Waals surface area contributed by atoms with Gasteiger partial charge in [-0.25, -0.2) is 5.43 Å². The Balaban J connectivity index is 1.54. The zero-order valence-corrected chi connectivity index (χ0v) is 20.0. The van der Waals surface area contributed by atoms with Crippen LogP contribution in [-0.4, -0.2) is 68.8 Å². The molecule has 3 aromatic rings. The van der Waals surface area contributed by atoms with Crippen molar-refractivity contribution in [3.8, 4) is 17.2 Å². The van der Waals surface area contributed by atoms with E-state index in [0.717, 1.165) is 11.1 Å². The lowest BCUT2D eigenvalue weighted by molar-refractivity contribution is 0.122. The van der Waals surface area contributed by atoms with E-state index in [0.29, 0.717) is 67.9 Å². The van der Waals surface area contributed by atoms with Crippen LogP contribution in [0.4, 0.5) is 17.8 Å². The molecule has 4 rings (SSSR count). The minimum Gasteiger partial charge on any atom is -0.493 e. The smallest absolute Gasteiger partial charge is 0.250 e. The minimum absolute atomic E-state index is 0.320. The Morgan fingerprint density at radius 1 is 0.943 bits per heavy atom. The Labute approximate surface area is 204 Å². The summed E-state index contributed by atoms with van der Waals surface area (Å²) < 4.78 is 21.6. The first kappa shape index (κ1) is 24.0. The van der Waals surface area contributed by atoms with Crippen molar-refractivity contribution in [1.82, 2.24) is 15.0 Å². The van der Waals surface area contributed by atoms with E-state index in [-0.39, 0.29) is 0 Å². The first-order valence-corrected chi connectivity index (χ1v) is 11.2. The van der Waals surface area contributed by atoms with E-state index in [1.807, 2.05) is 30.3 Å². The topological polar surface area (TPSA) is 115 Å². The number of aromatic nitrogens is 3. The van der Waals surface area contributed by atoms with E-state index >= 15 is 0 Å². The highest BCUT2D eigenvalue weighted by molar-refractivity contribution is 5.82. The number of anilines is 3. The van der Waals surface area contributed by atoms with Gasteiger partial charge in [0.25, 0.3) is 0 Å². The fourth-order valence-electron chi connectivity index (χ4n) is 3.52. The molecule has 11 heteroatoms. The van der Waals surface area contributed by atoms with Crippen molar-refractivity contribution in [2.24, 2.45) is 5.10 Å². The van der Waals surface area contributed by atoms with Crippen LogP contribution in [0.15, 0.2) is 47.6 Å². The summed E-state index contributed by atoms with van der Waals surface area (Å²) in [5.74, 6) is 2.92. The maximum Gasteiger partial charge on any atom is 0.250 e. The van der Waals surface area contributed by atoms with E-state index in [1.165, 1.54) is 0 Å². The summed E-state index contributed by atoms with van der Waals surface area (Å²) in [5.41, 5.74) is 4.78. The van der Waals surface area contributed by atoms with Crippen LogP contribution in [0.5, 0.6) is 17.2 Å². The molecule has 0 atom stereocenters. The number of nitrogens with one attached hydrogen (secondary N) is 2. The molecular weight excluding hydrogens is 450 g/mol. The third-order valence-electron chi connectivity index (χ3n) is 5.28. The van der Waals surface area contributed by atoms with E-state index in [4.69, 9.17) is 18.9 Å². The lowest BCUT2D eigenvalue weighted by atomic mass is 10.2. The molecule has 1 saturated heterocycles. The Kier molecular flexibility index (Phi) is 8.12. The van der Waals surface area contributed by atoms with Gasteiger partial charge in [0.2, 0.25) is 23.6 Å². The number of hydrogen-bond donors (Lipinski definition) is 2. The van der Waals surface area contributed by atoms with Crippen LogP contribution in [-0.2, 0) is 11.3 Å². The first-order valence-electron chi connectivity index (χ1n) is 11.2. The first-order chi connectivity index (χ1) is 17.2. The van der Waals surface area contributed by atoms with Crippen molar-refractivity contribution in [2.45, 2.75) is 6.54 Å². The third-order valence-corrected chi connectivity index (χ3v) is 5.28. The van der Waals surface area contributed by atoms with Gasteiger partial charge in [-0.1, -0.05) is 30.3 Å². The fraction of sp³-hybridized carbons (Fsp3) is 0.333. The van der Waals surface area contributed by atoms with Crippen LogP contribution in [0.25, 0.3) is 0 Å². The Hall–Kier alpha value is -4.12. The van der Waals surface area contributed by atoms with Crippen molar-refractivity contribution in [3.63, 3.8) is 0 Å². The molecule has 1 aliphatic heterocycles. The molecule has 0 radical (unpaired) electrons. The SMILES string of the molecule is COc1cc(C=NNc2nc(NCc3ccccc3)nc(N3CCOCC3)n2)cc(OC)c1OC. The lowest BCUT2D eigenvalue weighted by Crippen LogP contribution is -2.37. The summed E-state index contributed by atoms with van der Waals surface area (Å²) in [6.07, 6.45) is 1.62. The summed E-state index contributed by atoms with van der Waals surface area (Å²) in [6, 6.07) is 13.6. The molecule has 0 saturated carbocycles. The van der Waals surface area contributed by atoms with Crippen molar-refractivity contribution in [1.29, 1.82) is 0 Å². The number of ether oxygens (including phenoxy) is 4. The van der Waals surface area contributed by atoms with Gasteiger partial charge in [-0.2, -0.15) is 20.1 Å². The zero-order chi connectivity index (χ0) is 24.5. The number of hydrazone groups is 1. The molecule has 2 heterocycles. The van der Waals surface area contributed by atoms with E-state index in [1.54, 1.807) is 39.7 Å².